The van der Waals surface area contributed by atoms with Crippen LogP contribution in [0.3, 0.4) is 0 Å². The fourth-order valence-corrected chi connectivity index (χ4v) is 5.57. The van der Waals surface area contributed by atoms with Gasteiger partial charge < -0.3 is 20.1 Å². The summed E-state index contributed by atoms with van der Waals surface area (Å²) in [6.07, 6.45) is 3.74. The van der Waals surface area contributed by atoms with E-state index in [4.69, 9.17) is 0 Å². The van der Waals surface area contributed by atoms with E-state index in [2.05, 4.69) is 27.3 Å². The molecule has 4 heterocycles. The highest BCUT2D eigenvalue weighted by Gasteiger charge is 2.28. The molecule has 8 heteroatoms. The highest BCUT2D eigenvalue weighted by Crippen LogP contribution is 2.38. The second kappa shape index (κ2) is 9.71. The number of H-pyrrole nitrogens is 1. The quantitative estimate of drug-likeness (QED) is 0.383. The van der Waals surface area contributed by atoms with Gasteiger partial charge in [0.1, 0.15) is 0 Å². The summed E-state index contributed by atoms with van der Waals surface area (Å²) in [6.45, 7) is 9.09. The molecular weight excluding hydrogens is 488 g/mol. The number of likely N-dealkylation sites (N-methyl/N-ethyl adjacent to an activating group) is 1. The number of aromatic nitrogens is 3. The summed E-state index contributed by atoms with van der Waals surface area (Å²) < 4.78 is 1.92. The van der Waals surface area contributed by atoms with Gasteiger partial charge in [-0.05, 0) is 69.3 Å². The van der Waals surface area contributed by atoms with Gasteiger partial charge in [0.2, 0.25) is 0 Å². The molecule has 0 saturated carbocycles. The normalized spacial score (nSPS) is 16.6. The highest BCUT2D eigenvalue weighted by molar-refractivity contribution is 6.35. The zero-order chi connectivity index (χ0) is 27.3. The van der Waals surface area contributed by atoms with Crippen LogP contribution in [0.25, 0.3) is 28.5 Å². The summed E-state index contributed by atoms with van der Waals surface area (Å²) in [7, 11) is 2.07. The molecular formula is C31H32N6O2. The Bertz CT molecular complexity index is 1620. The number of aryl methyl sites for hydroxylation is 1. The summed E-state index contributed by atoms with van der Waals surface area (Å²) in [5.74, 6) is -0.110. The van der Waals surface area contributed by atoms with Gasteiger partial charge in [0.15, 0.2) is 0 Å². The number of anilines is 1. The second-order valence-corrected chi connectivity index (χ2v) is 10.4. The number of amides is 2. The predicted octanol–water partition coefficient (Wildman–Crippen LogP) is 4.67. The average Bonchev–Trinajstić information content (AvgIpc) is 3.56. The summed E-state index contributed by atoms with van der Waals surface area (Å²) in [5, 5.41) is 7.61. The maximum absolute atomic E-state index is 13.4. The Morgan fingerprint density at radius 3 is 2.46 bits per heavy atom. The topological polar surface area (TPSA) is 86.3 Å². The Labute approximate surface area is 227 Å². The smallest absolute Gasteiger partial charge is 0.256 e. The van der Waals surface area contributed by atoms with Crippen molar-refractivity contribution in [2.24, 2.45) is 0 Å². The summed E-state index contributed by atoms with van der Waals surface area (Å²) in [4.78, 5) is 34.0. The minimum atomic E-state index is -0.155. The largest absolute Gasteiger partial charge is 0.358 e. The summed E-state index contributed by atoms with van der Waals surface area (Å²) in [5.41, 5.74) is 9.36. The number of rotatable bonds is 4. The van der Waals surface area contributed by atoms with Crippen LogP contribution in [0.5, 0.6) is 0 Å². The molecule has 0 spiro atoms. The van der Waals surface area contributed by atoms with Gasteiger partial charge in [0.05, 0.1) is 23.0 Å². The van der Waals surface area contributed by atoms with Gasteiger partial charge in [-0.1, -0.05) is 24.3 Å². The lowest BCUT2D eigenvalue weighted by atomic mass is 9.98. The number of nitrogens with one attached hydrogen (secondary N) is 2. The van der Waals surface area contributed by atoms with Crippen molar-refractivity contribution in [3.63, 3.8) is 0 Å². The number of piperazine rings is 1. The lowest BCUT2D eigenvalue weighted by molar-refractivity contribution is -0.110. The van der Waals surface area contributed by atoms with E-state index >= 15 is 0 Å². The molecule has 0 atom stereocenters. The Balaban J connectivity index is 1.34. The molecule has 2 amide bonds. The molecule has 8 nitrogen and oxygen atoms in total. The predicted molar refractivity (Wildman–Crippen MR) is 154 cm³/mol. The van der Waals surface area contributed by atoms with Gasteiger partial charge in [-0.3, -0.25) is 9.59 Å². The first-order chi connectivity index (χ1) is 18.8. The molecule has 0 aliphatic carbocycles. The SMILES string of the molecule is Cc1[nH]c(/C=C2\C(=O)Nc3ccc(-c4cnn(-c5ccccc5)c4C)cc32)c(C)c1C(=O)N1CCN(C)CC1. The van der Waals surface area contributed by atoms with Crippen LogP contribution in [0.2, 0.25) is 0 Å². The Morgan fingerprint density at radius 1 is 0.974 bits per heavy atom. The fourth-order valence-electron chi connectivity index (χ4n) is 5.57. The van der Waals surface area contributed by atoms with Gasteiger partial charge in [0, 0.05) is 60.1 Å². The van der Waals surface area contributed by atoms with Crippen molar-refractivity contribution in [2.45, 2.75) is 20.8 Å². The lowest BCUT2D eigenvalue weighted by Crippen LogP contribution is -2.47. The Kier molecular flexibility index (Phi) is 6.19. The van der Waals surface area contributed by atoms with Crippen molar-refractivity contribution in [1.82, 2.24) is 24.6 Å². The van der Waals surface area contributed by atoms with Crippen molar-refractivity contribution in [3.05, 3.63) is 88.5 Å². The number of hydrogen-bond donors (Lipinski definition) is 2. The van der Waals surface area contributed by atoms with Crippen molar-refractivity contribution in [2.75, 3.05) is 38.5 Å². The molecule has 2 N–H and O–H groups in total. The van der Waals surface area contributed by atoms with Crippen molar-refractivity contribution in [3.8, 4) is 16.8 Å². The van der Waals surface area contributed by atoms with Gasteiger partial charge in [-0.15, -0.1) is 0 Å². The second-order valence-electron chi connectivity index (χ2n) is 10.4. The number of aromatic amines is 1. The first-order valence-corrected chi connectivity index (χ1v) is 13.3. The summed E-state index contributed by atoms with van der Waals surface area (Å²) in [6, 6.07) is 16.0. The minimum Gasteiger partial charge on any atom is -0.358 e. The third-order valence-corrected chi connectivity index (χ3v) is 7.89. The maximum atomic E-state index is 13.4. The first kappa shape index (κ1) is 24.9. The average molecular weight is 521 g/mol. The minimum absolute atomic E-state index is 0.0449. The molecule has 2 aliphatic heterocycles. The molecule has 0 unspecified atom stereocenters. The van der Waals surface area contributed by atoms with Gasteiger partial charge in [-0.25, -0.2) is 4.68 Å². The zero-order valence-electron chi connectivity index (χ0n) is 22.7. The van der Waals surface area contributed by atoms with E-state index < -0.39 is 0 Å². The van der Waals surface area contributed by atoms with E-state index in [1.165, 1.54) is 0 Å². The molecule has 2 aromatic carbocycles. The summed E-state index contributed by atoms with van der Waals surface area (Å²) >= 11 is 0. The van der Waals surface area contributed by atoms with Gasteiger partial charge in [-0.2, -0.15) is 5.10 Å². The number of fused-ring (bicyclic) bond motifs is 1. The van der Waals surface area contributed by atoms with Crippen LogP contribution in [-0.4, -0.2) is 69.6 Å². The fraction of sp³-hybridized carbons (Fsp3) is 0.258. The molecule has 1 fully saturated rings. The number of hydrogen-bond acceptors (Lipinski definition) is 4. The van der Waals surface area contributed by atoms with E-state index in [9.17, 15) is 9.59 Å². The molecule has 4 aromatic rings. The van der Waals surface area contributed by atoms with E-state index in [0.29, 0.717) is 24.2 Å². The van der Waals surface area contributed by atoms with Crippen molar-refractivity contribution < 1.29 is 9.59 Å². The molecule has 2 aliphatic rings. The third-order valence-electron chi connectivity index (χ3n) is 7.89. The van der Waals surface area contributed by atoms with E-state index in [0.717, 1.165) is 63.8 Å². The van der Waals surface area contributed by atoms with E-state index in [-0.39, 0.29) is 11.8 Å². The van der Waals surface area contributed by atoms with Gasteiger partial charge in [0.25, 0.3) is 11.8 Å². The Morgan fingerprint density at radius 2 is 1.72 bits per heavy atom. The molecule has 6 rings (SSSR count). The zero-order valence-corrected chi connectivity index (χ0v) is 22.7. The monoisotopic (exact) mass is 520 g/mol. The third kappa shape index (κ3) is 4.36. The standard InChI is InChI=1S/C31H32N6O2/c1-19-28(33-20(2)29(19)31(39)36-14-12-35(4)13-15-36)17-25-24-16-22(10-11-27(24)34-30(25)38)26-18-32-37(21(26)3)23-8-6-5-7-9-23/h5-11,16-18,33H,12-15H2,1-4H3,(H,34,38)/b25-17-. The number of nitrogens with zero attached hydrogens (tertiary/aromatic N) is 4. The van der Waals surface area contributed by atoms with Crippen LogP contribution < -0.4 is 5.32 Å². The van der Waals surface area contributed by atoms with Crippen LogP contribution in [-0.2, 0) is 4.79 Å². The number of benzene rings is 2. The van der Waals surface area contributed by atoms with Gasteiger partial charge >= 0.3 is 0 Å². The van der Waals surface area contributed by atoms with E-state index in [1.807, 2.05) is 91.2 Å². The molecule has 39 heavy (non-hydrogen) atoms. The lowest BCUT2D eigenvalue weighted by Gasteiger charge is -2.32. The van der Waals surface area contributed by atoms with E-state index in [1.54, 1.807) is 0 Å². The van der Waals surface area contributed by atoms with Crippen molar-refractivity contribution in [1.29, 1.82) is 0 Å². The van der Waals surface area contributed by atoms with Crippen molar-refractivity contribution >= 4 is 29.2 Å². The maximum Gasteiger partial charge on any atom is 0.256 e. The van der Waals surface area contributed by atoms with Crippen LogP contribution in [0, 0.1) is 20.8 Å². The Hall–Kier alpha value is -4.43. The molecule has 2 aromatic heterocycles. The first-order valence-electron chi connectivity index (χ1n) is 13.3. The molecule has 0 bridgehead atoms. The van der Waals surface area contributed by atoms with Crippen LogP contribution in [0.1, 0.15) is 38.6 Å². The van der Waals surface area contributed by atoms with Crippen LogP contribution in [0.4, 0.5) is 5.69 Å². The van der Waals surface area contributed by atoms with Crippen LogP contribution in [0.15, 0.2) is 54.7 Å². The number of carbonyl (C=O) groups excluding carboxylic acids is 2. The van der Waals surface area contributed by atoms with Crippen LogP contribution >= 0.6 is 0 Å². The molecule has 198 valence electrons. The molecule has 0 radical (unpaired) electrons. The number of para-hydroxylation sites is 1. The molecule has 1 saturated heterocycles. The number of carbonyl (C=O) groups is 2. The highest BCUT2D eigenvalue weighted by atomic mass is 16.2.